The fourth-order valence-electron chi connectivity index (χ4n) is 3.12. The van der Waals surface area contributed by atoms with Crippen molar-refractivity contribution < 1.29 is 14.4 Å². The summed E-state index contributed by atoms with van der Waals surface area (Å²) in [6.45, 7) is 6.44. The van der Waals surface area contributed by atoms with E-state index < -0.39 is 23.0 Å². The Bertz CT molecular complexity index is 698. The summed E-state index contributed by atoms with van der Waals surface area (Å²) in [5.41, 5.74) is -0.153. The van der Waals surface area contributed by atoms with Crippen molar-refractivity contribution in [3.8, 4) is 6.07 Å². The number of likely N-dealkylation sites (tertiary alicyclic amines) is 1. The van der Waals surface area contributed by atoms with Crippen molar-refractivity contribution in [2.24, 2.45) is 17.3 Å². The van der Waals surface area contributed by atoms with Gasteiger partial charge in [-0.25, -0.2) is 0 Å². The first-order chi connectivity index (χ1) is 11.8. The molecule has 1 aliphatic heterocycles. The first kappa shape index (κ1) is 18.9. The van der Waals surface area contributed by atoms with Gasteiger partial charge in [0, 0.05) is 30.0 Å². The molecule has 1 amide bonds. The number of carbonyl (C=O) groups excluding carboxylic acids is 3. The maximum Gasteiger partial charge on any atom is 0.227 e. The molecule has 0 aliphatic carbocycles. The van der Waals surface area contributed by atoms with Crippen molar-refractivity contribution in [2.45, 2.75) is 33.6 Å². The summed E-state index contributed by atoms with van der Waals surface area (Å²) in [5, 5.41) is 9.39. The maximum atomic E-state index is 12.8. The zero-order valence-electron chi connectivity index (χ0n) is 15.0. The van der Waals surface area contributed by atoms with Crippen LogP contribution in [0.1, 0.15) is 44.0 Å². The number of rotatable bonds is 4. The lowest BCUT2D eigenvalue weighted by atomic mass is 9.83. The molecule has 1 aromatic carbocycles. The minimum Gasteiger partial charge on any atom is -0.342 e. The molecule has 5 heteroatoms. The second-order valence-electron chi connectivity index (χ2n) is 7.54. The van der Waals surface area contributed by atoms with Crippen LogP contribution in [0.2, 0.25) is 0 Å². The number of amides is 1. The lowest BCUT2D eigenvalue weighted by molar-refractivity contribution is -0.142. The lowest BCUT2D eigenvalue weighted by Gasteiger charge is -2.36. The van der Waals surface area contributed by atoms with Crippen LogP contribution in [0.15, 0.2) is 30.3 Å². The molecular weight excluding hydrogens is 316 g/mol. The molecular formula is C20H24N2O3. The van der Waals surface area contributed by atoms with Crippen molar-refractivity contribution in [3.63, 3.8) is 0 Å². The summed E-state index contributed by atoms with van der Waals surface area (Å²) in [4.78, 5) is 39.4. The third kappa shape index (κ3) is 4.33. The molecule has 1 heterocycles. The van der Waals surface area contributed by atoms with Crippen molar-refractivity contribution in [3.05, 3.63) is 35.9 Å². The fraction of sp³-hybridized carbons (Fsp3) is 0.500. The van der Waals surface area contributed by atoms with Crippen LogP contribution in [-0.4, -0.2) is 35.5 Å². The van der Waals surface area contributed by atoms with E-state index in [0.717, 1.165) is 0 Å². The molecule has 0 N–H and O–H groups in total. The molecule has 132 valence electrons. The Labute approximate surface area is 148 Å². The minimum absolute atomic E-state index is 0.00658. The Hall–Kier alpha value is -2.48. The maximum absolute atomic E-state index is 12.8. The van der Waals surface area contributed by atoms with Gasteiger partial charge in [-0.1, -0.05) is 51.1 Å². The summed E-state index contributed by atoms with van der Waals surface area (Å²) in [7, 11) is 0. The van der Waals surface area contributed by atoms with Gasteiger partial charge in [-0.15, -0.1) is 0 Å². The Morgan fingerprint density at radius 1 is 1.20 bits per heavy atom. The normalized spacial score (nSPS) is 19.0. The number of carbonyl (C=O) groups is 3. The second kappa shape index (κ2) is 7.60. The Morgan fingerprint density at radius 2 is 1.84 bits per heavy atom. The third-order valence-electron chi connectivity index (χ3n) is 4.49. The van der Waals surface area contributed by atoms with Crippen LogP contribution in [0.25, 0.3) is 0 Å². The molecule has 2 atom stereocenters. The second-order valence-corrected chi connectivity index (χ2v) is 7.54. The van der Waals surface area contributed by atoms with Gasteiger partial charge in [-0.05, 0) is 12.8 Å². The van der Waals surface area contributed by atoms with Gasteiger partial charge in [0.15, 0.2) is 17.5 Å². The Kier molecular flexibility index (Phi) is 5.73. The van der Waals surface area contributed by atoms with E-state index in [2.05, 4.69) is 0 Å². The summed E-state index contributed by atoms with van der Waals surface area (Å²) in [5.74, 6) is -2.61. The first-order valence-electron chi connectivity index (χ1n) is 8.57. The molecule has 2 unspecified atom stereocenters. The average molecular weight is 340 g/mol. The summed E-state index contributed by atoms with van der Waals surface area (Å²) in [6, 6.07) is 10.3. The van der Waals surface area contributed by atoms with Crippen LogP contribution < -0.4 is 0 Å². The van der Waals surface area contributed by atoms with E-state index in [1.807, 2.05) is 26.8 Å². The van der Waals surface area contributed by atoms with Crippen molar-refractivity contribution >= 4 is 17.5 Å². The molecule has 0 spiro atoms. The quantitative estimate of drug-likeness (QED) is 0.624. The highest BCUT2D eigenvalue weighted by molar-refractivity contribution is 6.13. The molecule has 0 aromatic heterocycles. The number of hydrogen-bond donors (Lipinski definition) is 0. The number of nitriles is 1. The summed E-state index contributed by atoms with van der Waals surface area (Å²) in [6.07, 6.45) is 1.31. The topological polar surface area (TPSA) is 78.2 Å². The van der Waals surface area contributed by atoms with Gasteiger partial charge in [0.2, 0.25) is 5.91 Å². The van der Waals surface area contributed by atoms with Crippen LogP contribution in [0.3, 0.4) is 0 Å². The lowest BCUT2D eigenvalue weighted by Crippen LogP contribution is -2.48. The molecule has 1 saturated heterocycles. The van der Waals surface area contributed by atoms with Crippen molar-refractivity contribution in [2.75, 3.05) is 13.1 Å². The molecule has 2 rings (SSSR count). The van der Waals surface area contributed by atoms with Crippen LogP contribution in [0, 0.1) is 28.6 Å². The summed E-state index contributed by atoms with van der Waals surface area (Å²) < 4.78 is 0. The molecule has 1 aliphatic rings. The van der Waals surface area contributed by atoms with Gasteiger partial charge in [-0.2, -0.15) is 5.26 Å². The van der Waals surface area contributed by atoms with Crippen LogP contribution in [0.5, 0.6) is 0 Å². The molecule has 5 nitrogen and oxygen atoms in total. The van der Waals surface area contributed by atoms with Gasteiger partial charge in [0.25, 0.3) is 0 Å². The molecule has 0 radical (unpaired) electrons. The largest absolute Gasteiger partial charge is 0.342 e. The zero-order valence-corrected chi connectivity index (χ0v) is 15.0. The third-order valence-corrected chi connectivity index (χ3v) is 4.49. The van der Waals surface area contributed by atoms with Gasteiger partial charge >= 0.3 is 0 Å². The van der Waals surface area contributed by atoms with Gasteiger partial charge in [-0.3, -0.25) is 14.4 Å². The molecule has 1 aromatic rings. The van der Waals surface area contributed by atoms with Gasteiger partial charge < -0.3 is 4.90 Å². The van der Waals surface area contributed by atoms with Crippen molar-refractivity contribution in [1.29, 1.82) is 5.26 Å². The average Bonchev–Trinajstić information content (AvgIpc) is 2.61. The van der Waals surface area contributed by atoms with E-state index in [1.165, 1.54) is 0 Å². The smallest absolute Gasteiger partial charge is 0.227 e. The number of hydrogen-bond acceptors (Lipinski definition) is 4. The number of benzene rings is 1. The monoisotopic (exact) mass is 340 g/mol. The molecule has 0 bridgehead atoms. The van der Waals surface area contributed by atoms with Crippen LogP contribution in [0.4, 0.5) is 0 Å². The summed E-state index contributed by atoms with van der Waals surface area (Å²) >= 11 is 0. The number of piperidine rings is 1. The van der Waals surface area contributed by atoms with E-state index in [-0.39, 0.29) is 18.2 Å². The van der Waals surface area contributed by atoms with E-state index >= 15 is 0 Å². The highest BCUT2D eigenvalue weighted by atomic mass is 16.2. The van der Waals surface area contributed by atoms with Gasteiger partial charge in [0.1, 0.15) is 0 Å². The molecule has 1 fully saturated rings. The fourth-order valence-corrected chi connectivity index (χ4v) is 3.12. The highest BCUT2D eigenvalue weighted by Crippen LogP contribution is 2.26. The first-order valence-corrected chi connectivity index (χ1v) is 8.57. The minimum atomic E-state index is -1.31. The number of ketones is 2. The standard InChI is InChI=1S/C20H24N2O3/c1-20(2,3)19(25)22-11-7-10-15(13-22)18(24)16(12-21)17(23)14-8-5-4-6-9-14/h4-6,8-9,15-16H,7,10-11,13H2,1-3H3. The van der Waals surface area contributed by atoms with Crippen molar-refractivity contribution in [1.82, 2.24) is 4.90 Å². The number of nitrogens with zero attached hydrogens (tertiary/aromatic N) is 2. The van der Waals surface area contributed by atoms with E-state index in [9.17, 15) is 19.6 Å². The zero-order chi connectivity index (χ0) is 18.6. The number of Topliss-reactive ketones (excluding diaryl/α,β-unsaturated/α-hetero) is 2. The van der Waals surface area contributed by atoms with E-state index in [1.54, 1.807) is 35.2 Å². The predicted molar refractivity (Wildman–Crippen MR) is 93.6 cm³/mol. The Morgan fingerprint density at radius 3 is 2.40 bits per heavy atom. The van der Waals surface area contributed by atoms with E-state index in [0.29, 0.717) is 24.9 Å². The highest BCUT2D eigenvalue weighted by Gasteiger charge is 2.38. The Balaban J connectivity index is 2.14. The van der Waals surface area contributed by atoms with Gasteiger partial charge in [0.05, 0.1) is 6.07 Å². The molecule has 0 saturated carbocycles. The van der Waals surface area contributed by atoms with E-state index in [4.69, 9.17) is 0 Å². The van der Waals surface area contributed by atoms with Crippen LogP contribution >= 0.6 is 0 Å². The predicted octanol–water partition coefficient (Wildman–Crippen LogP) is 2.86. The molecule has 25 heavy (non-hydrogen) atoms. The SMILES string of the molecule is CC(C)(C)C(=O)N1CCCC(C(=O)C(C#N)C(=O)c2ccccc2)C1. The van der Waals surface area contributed by atoms with Crippen LogP contribution in [-0.2, 0) is 9.59 Å².